The Labute approximate surface area is 111 Å². The molecule has 0 saturated heterocycles. The quantitative estimate of drug-likeness (QED) is 0.906. The van der Waals surface area contributed by atoms with Crippen LogP contribution in [0.5, 0.6) is 0 Å². The van der Waals surface area contributed by atoms with Crippen LogP contribution in [-0.2, 0) is 6.54 Å². The molecule has 0 amide bonds. The van der Waals surface area contributed by atoms with E-state index in [1.165, 1.54) is 11.3 Å². The van der Waals surface area contributed by atoms with E-state index in [1.807, 2.05) is 17.8 Å². The van der Waals surface area contributed by atoms with Gasteiger partial charge in [-0.3, -0.25) is 0 Å². The van der Waals surface area contributed by atoms with E-state index in [-0.39, 0.29) is 0 Å². The molecule has 1 aromatic rings. The highest BCUT2D eigenvalue weighted by atomic mass is 79.9. The largest absolute Gasteiger partial charge is 0.371 e. The maximum absolute atomic E-state index is 5.80. The van der Waals surface area contributed by atoms with Crippen molar-refractivity contribution in [1.82, 2.24) is 0 Å². The van der Waals surface area contributed by atoms with Gasteiger partial charge in [0.05, 0.1) is 0 Å². The first-order valence-corrected chi connectivity index (χ1v) is 7.49. The summed E-state index contributed by atoms with van der Waals surface area (Å²) in [5.74, 6) is 1.12. The topological polar surface area (TPSA) is 29.3 Å². The molecule has 1 atom stereocenters. The second-order valence-corrected chi connectivity index (χ2v) is 5.62. The molecular formula is C12H19BrN2S. The van der Waals surface area contributed by atoms with Crippen molar-refractivity contribution >= 4 is 33.4 Å². The molecule has 16 heavy (non-hydrogen) atoms. The molecule has 0 aliphatic heterocycles. The average Bonchev–Trinajstić information content (AvgIpc) is 2.28. The summed E-state index contributed by atoms with van der Waals surface area (Å²) in [6.45, 7) is 2.80. The predicted molar refractivity (Wildman–Crippen MR) is 78.3 cm³/mol. The summed E-state index contributed by atoms with van der Waals surface area (Å²) in [5.41, 5.74) is 8.20. The Balaban J connectivity index is 2.98. The van der Waals surface area contributed by atoms with E-state index in [2.05, 4.69) is 53.2 Å². The van der Waals surface area contributed by atoms with E-state index in [1.54, 1.807) is 0 Å². The van der Waals surface area contributed by atoms with Crippen LogP contribution in [0.4, 0.5) is 5.69 Å². The van der Waals surface area contributed by atoms with Gasteiger partial charge in [-0.2, -0.15) is 11.8 Å². The third kappa shape index (κ3) is 3.15. The standard InChI is InChI=1S/C12H19BrN2S/c1-9(8-16-3)15(2)12-6-4-5-11(13)10(12)7-14/h4-6,9H,7-8,14H2,1-3H3. The Hall–Kier alpha value is -0.190. The number of anilines is 1. The minimum absolute atomic E-state index is 0.509. The molecule has 0 radical (unpaired) electrons. The molecule has 0 saturated carbocycles. The van der Waals surface area contributed by atoms with Crippen LogP contribution in [0.2, 0.25) is 0 Å². The summed E-state index contributed by atoms with van der Waals surface area (Å²) in [5, 5.41) is 0. The molecule has 1 aromatic carbocycles. The van der Waals surface area contributed by atoms with Gasteiger partial charge < -0.3 is 10.6 Å². The fourth-order valence-corrected chi connectivity index (χ4v) is 2.89. The summed E-state index contributed by atoms with van der Waals surface area (Å²) < 4.78 is 1.09. The molecule has 1 unspecified atom stereocenters. The van der Waals surface area contributed by atoms with Crippen molar-refractivity contribution in [1.29, 1.82) is 0 Å². The second kappa shape index (κ2) is 6.52. The number of hydrogen-bond acceptors (Lipinski definition) is 3. The van der Waals surface area contributed by atoms with Crippen molar-refractivity contribution in [2.45, 2.75) is 19.5 Å². The molecule has 0 heterocycles. The van der Waals surface area contributed by atoms with Crippen LogP contribution in [0.25, 0.3) is 0 Å². The molecule has 90 valence electrons. The van der Waals surface area contributed by atoms with Crippen molar-refractivity contribution in [2.24, 2.45) is 5.73 Å². The SMILES string of the molecule is CSCC(C)N(C)c1cccc(Br)c1CN. The van der Waals surface area contributed by atoms with Crippen LogP contribution >= 0.6 is 27.7 Å². The monoisotopic (exact) mass is 302 g/mol. The number of halogens is 1. The van der Waals surface area contributed by atoms with Crippen LogP contribution < -0.4 is 10.6 Å². The predicted octanol–water partition coefficient (Wildman–Crippen LogP) is 3.10. The maximum atomic E-state index is 5.80. The Kier molecular flexibility index (Phi) is 5.66. The third-order valence-electron chi connectivity index (χ3n) is 2.75. The number of benzene rings is 1. The first kappa shape index (κ1) is 13.9. The van der Waals surface area contributed by atoms with Crippen LogP contribution in [0.15, 0.2) is 22.7 Å². The van der Waals surface area contributed by atoms with E-state index >= 15 is 0 Å². The lowest BCUT2D eigenvalue weighted by Crippen LogP contribution is -2.31. The Morgan fingerprint density at radius 2 is 2.19 bits per heavy atom. The van der Waals surface area contributed by atoms with Gasteiger partial charge in [0, 0.05) is 41.1 Å². The summed E-state index contributed by atoms with van der Waals surface area (Å²) in [6.07, 6.45) is 2.13. The highest BCUT2D eigenvalue weighted by molar-refractivity contribution is 9.10. The van der Waals surface area contributed by atoms with Crippen molar-refractivity contribution in [3.05, 3.63) is 28.2 Å². The smallest absolute Gasteiger partial charge is 0.0423 e. The van der Waals surface area contributed by atoms with Crippen LogP contribution in [-0.4, -0.2) is 25.1 Å². The summed E-state index contributed by atoms with van der Waals surface area (Å²) in [7, 11) is 2.13. The fourth-order valence-electron chi connectivity index (χ4n) is 1.67. The summed E-state index contributed by atoms with van der Waals surface area (Å²) in [4.78, 5) is 2.30. The maximum Gasteiger partial charge on any atom is 0.0423 e. The molecule has 0 spiro atoms. The first-order chi connectivity index (χ1) is 7.61. The van der Waals surface area contributed by atoms with Crippen molar-refractivity contribution in [2.75, 3.05) is 24.0 Å². The zero-order valence-electron chi connectivity index (χ0n) is 10.0. The van der Waals surface area contributed by atoms with E-state index < -0.39 is 0 Å². The Morgan fingerprint density at radius 1 is 1.50 bits per heavy atom. The minimum atomic E-state index is 0.509. The molecule has 4 heteroatoms. The van der Waals surface area contributed by atoms with Crippen LogP contribution in [0.1, 0.15) is 12.5 Å². The van der Waals surface area contributed by atoms with E-state index in [4.69, 9.17) is 5.73 Å². The Morgan fingerprint density at radius 3 is 2.75 bits per heavy atom. The normalized spacial score (nSPS) is 12.6. The first-order valence-electron chi connectivity index (χ1n) is 5.31. The van der Waals surface area contributed by atoms with Crippen LogP contribution in [0.3, 0.4) is 0 Å². The van der Waals surface area contributed by atoms with Gasteiger partial charge in [-0.1, -0.05) is 22.0 Å². The lowest BCUT2D eigenvalue weighted by Gasteiger charge is -2.28. The molecular weight excluding hydrogens is 284 g/mol. The van der Waals surface area contributed by atoms with E-state index in [9.17, 15) is 0 Å². The lowest BCUT2D eigenvalue weighted by molar-refractivity contribution is 0.759. The van der Waals surface area contributed by atoms with Crippen molar-refractivity contribution < 1.29 is 0 Å². The molecule has 0 aromatic heterocycles. The minimum Gasteiger partial charge on any atom is -0.371 e. The number of thioether (sulfide) groups is 1. The molecule has 0 bridgehead atoms. The fraction of sp³-hybridized carbons (Fsp3) is 0.500. The number of nitrogens with two attached hydrogens (primary N) is 1. The molecule has 0 aliphatic rings. The summed E-state index contributed by atoms with van der Waals surface area (Å²) in [6, 6.07) is 6.73. The van der Waals surface area contributed by atoms with Gasteiger partial charge in [-0.05, 0) is 25.3 Å². The lowest BCUT2D eigenvalue weighted by atomic mass is 10.1. The zero-order chi connectivity index (χ0) is 12.1. The van der Waals surface area contributed by atoms with Gasteiger partial charge in [-0.15, -0.1) is 0 Å². The van der Waals surface area contributed by atoms with Gasteiger partial charge in [-0.25, -0.2) is 0 Å². The van der Waals surface area contributed by atoms with E-state index in [0.717, 1.165) is 10.2 Å². The molecule has 1 rings (SSSR count). The Bertz CT molecular complexity index is 344. The highest BCUT2D eigenvalue weighted by Gasteiger charge is 2.13. The van der Waals surface area contributed by atoms with E-state index in [0.29, 0.717) is 12.6 Å². The molecule has 2 nitrogen and oxygen atoms in total. The van der Waals surface area contributed by atoms with Gasteiger partial charge in [0.2, 0.25) is 0 Å². The molecule has 0 aliphatic carbocycles. The number of rotatable bonds is 5. The third-order valence-corrected chi connectivity index (χ3v) is 4.31. The number of nitrogens with zero attached hydrogens (tertiary/aromatic N) is 1. The molecule has 0 fully saturated rings. The van der Waals surface area contributed by atoms with Gasteiger partial charge >= 0.3 is 0 Å². The number of hydrogen-bond donors (Lipinski definition) is 1. The summed E-state index contributed by atoms with van der Waals surface area (Å²) >= 11 is 5.42. The zero-order valence-corrected chi connectivity index (χ0v) is 12.4. The van der Waals surface area contributed by atoms with Crippen LogP contribution in [0, 0.1) is 0 Å². The highest BCUT2D eigenvalue weighted by Crippen LogP contribution is 2.28. The van der Waals surface area contributed by atoms with Crippen molar-refractivity contribution in [3.8, 4) is 0 Å². The van der Waals surface area contributed by atoms with Gasteiger partial charge in [0.1, 0.15) is 0 Å². The second-order valence-electron chi connectivity index (χ2n) is 3.86. The van der Waals surface area contributed by atoms with Crippen molar-refractivity contribution in [3.63, 3.8) is 0 Å². The average molecular weight is 303 g/mol. The van der Waals surface area contributed by atoms with Gasteiger partial charge in [0.15, 0.2) is 0 Å². The molecule has 2 N–H and O–H groups in total. The van der Waals surface area contributed by atoms with Gasteiger partial charge in [0.25, 0.3) is 0 Å².